The van der Waals surface area contributed by atoms with Crippen LogP contribution in [0.25, 0.3) is 0 Å². The van der Waals surface area contributed by atoms with Crippen LogP contribution in [0.15, 0.2) is 32.7 Å². The summed E-state index contributed by atoms with van der Waals surface area (Å²) < 4.78 is 7.98. The Morgan fingerprint density at radius 2 is 2.00 bits per heavy atom. The summed E-state index contributed by atoms with van der Waals surface area (Å²) in [5, 5.41) is 1.96. The van der Waals surface area contributed by atoms with Gasteiger partial charge in [-0.3, -0.25) is 0 Å². The van der Waals surface area contributed by atoms with Crippen LogP contribution in [0.1, 0.15) is 23.4 Å². The molecule has 0 saturated carbocycles. The first-order valence-corrected chi connectivity index (χ1v) is 8.56. The van der Waals surface area contributed by atoms with Crippen LogP contribution < -0.4 is 9.57 Å². The zero-order valence-corrected chi connectivity index (χ0v) is 15.1. The van der Waals surface area contributed by atoms with E-state index in [0.29, 0.717) is 5.69 Å². The number of imidazole rings is 1. The van der Waals surface area contributed by atoms with Gasteiger partial charge in [0.25, 0.3) is 0 Å². The molecule has 9 heteroatoms. The lowest BCUT2D eigenvalue weighted by Crippen LogP contribution is -2.22. The number of carbonyl (C=O) groups is 2. The maximum absolute atomic E-state index is 11.5. The third kappa shape index (κ3) is 2.88. The van der Waals surface area contributed by atoms with Crippen LogP contribution in [-0.4, -0.2) is 21.7 Å². The second-order valence-corrected chi connectivity index (χ2v) is 6.98. The van der Waals surface area contributed by atoms with Gasteiger partial charge in [0, 0.05) is 37.3 Å². The molecule has 114 valence electrons. The third-order valence-corrected chi connectivity index (χ3v) is 6.69. The first-order valence-electron chi connectivity index (χ1n) is 6.09. The SMILES string of the molecule is CC(c1cn2c(n1)OC(=O)/C=C/C(=O)O2)c1scc(Br)c1Br. The van der Waals surface area contributed by atoms with Crippen LogP contribution in [0.5, 0.6) is 6.01 Å². The van der Waals surface area contributed by atoms with Crippen molar-refractivity contribution in [1.29, 1.82) is 0 Å². The standard InChI is InChI=1S/C13H8Br2N2O4S/c1-6(12-11(15)7(14)5-22-12)8-4-17-13(16-8)20-9(18)2-3-10(19)21-17/h2-6H,1H3/b3-2+. The first-order chi connectivity index (χ1) is 10.5. The second-order valence-electron chi connectivity index (χ2n) is 4.42. The van der Waals surface area contributed by atoms with Gasteiger partial charge in [0.15, 0.2) is 0 Å². The van der Waals surface area contributed by atoms with Crippen molar-refractivity contribution >= 4 is 55.1 Å². The van der Waals surface area contributed by atoms with Gasteiger partial charge in [-0.2, -0.15) is 4.98 Å². The molecule has 0 bridgehead atoms. The fraction of sp³-hybridized carbons (Fsp3) is 0.154. The Bertz CT molecular complexity index is 759. The van der Waals surface area contributed by atoms with E-state index in [-0.39, 0.29) is 11.9 Å². The molecule has 0 amide bonds. The van der Waals surface area contributed by atoms with E-state index in [1.165, 1.54) is 6.20 Å². The quantitative estimate of drug-likeness (QED) is 0.661. The number of hydrogen-bond donors (Lipinski definition) is 0. The fourth-order valence-corrected chi connectivity index (χ4v) is 4.26. The molecule has 0 aromatic carbocycles. The van der Waals surface area contributed by atoms with Crippen molar-refractivity contribution in [3.05, 3.63) is 43.2 Å². The van der Waals surface area contributed by atoms with Gasteiger partial charge in [-0.05, 0) is 31.9 Å². The molecule has 0 spiro atoms. The summed E-state index contributed by atoms with van der Waals surface area (Å²) in [5.41, 5.74) is 0.618. The molecule has 1 atom stereocenters. The highest BCUT2D eigenvalue weighted by molar-refractivity contribution is 9.13. The molecule has 22 heavy (non-hydrogen) atoms. The number of esters is 1. The Morgan fingerprint density at radius 1 is 1.27 bits per heavy atom. The maximum atomic E-state index is 11.5. The number of ether oxygens (including phenoxy) is 1. The number of halogens is 2. The minimum atomic E-state index is -0.678. The van der Waals surface area contributed by atoms with E-state index in [9.17, 15) is 9.59 Å². The molecule has 6 nitrogen and oxygen atoms in total. The van der Waals surface area contributed by atoms with E-state index in [1.807, 2.05) is 12.3 Å². The zero-order valence-electron chi connectivity index (χ0n) is 11.1. The smallest absolute Gasteiger partial charge is 0.356 e. The minimum absolute atomic E-state index is 0.0724. The highest BCUT2D eigenvalue weighted by Crippen LogP contribution is 2.39. The number of thiophene rings is 1. The topological polar surface area (TPSA) is 70.4 Å². The number of nitrogens with zero attached hydrogens (tertiary/aromatic N) is 2. The summed E-state index contributed by atoms with van der Waals surface area (Å²) in [6, 6.07) is -0.0729. The predicted octanol–water partition coefficient (Wildman–Crippen LogP) is 3.05. The van der Waals surface area contributed by atoms with Gasteiger partial charge in [-0.25, -0.2) is 9.59 Å². The molecule has 0 fully saturated rings. The maximum Gasteiger partial charge on any atom is 0.356 e. The summed E-state index contributed by atoms with van der Waals surface area (Å²) >= 11 is 8.52. The van der Waals surface area contributed by atoms with E-state index in [0.717, 1.165) is 30.7 Å². The lowest BCUT2D eigenvalue weighted by atomic mass is 10.1. The highest BCUT2D eigenvalue weighted by atomic mass is 79.9. The molecule has 1 unspecified atom stereocenters. The molecule has 1 aliphatic rings. The molecule has 0 aliphatic carbocycles. The molecule has 2 aromatic heterocycles. The van der Waals surface area contributed by atoms with Gasteiger partial charge in [0.1, 0.15) is 0 Å². The summed E-state index contributed by atoms with van der Waals surface area (Å²) in [5.74, 6) is -1.42. The van der Waals surface area contributed by atoms with Crippen molar-refractivity contribution < 1.29 is 19.2 Å². The predicted molar refractivity (Wildman–Crippen MR) is 85.8 cm³/mol. The Hall–Kier alpha value is -1.45. The zero-order chi connectivity index (χ0) is 15.9. The van der Waals surface area contributed by atoms with E-state index in [4.69, 9.17) is 9.57 Å². The largest absolute Gasteiger partial charge is 0.387 e. The molecular weight excluding hydrogens is 440 g/mol. The van der Waals surface area contributed by atoms with Gasteiger partial charge in [-0.1, -0.05) is 6.92 Å². The summed E-state index contributed by atoms with van der Waals surface area (Å²) in [6.07, 6.45) is 3.53. The van der Waals surface area contributed by atoms with Gasteiger partial charge in [0.2, 0.25) is 0 Å². The molecule has 0 saturated heterocycles. The summed E-state index contributed by atoms with van der Waals surface area (Å²) in [6.45, 7) is 1.96. The minimum Gasteiger partial charge on any atom is -0.387 e. The van der Waals surface area contributed by atoms with E-state index < -0.39 is 11.9 Å². The van der Waals surface area contributed by atoms with Crippen LogP contribution in [-0.2, 0) is 9.59 Å². The first kappa shape index (κ1) is 15.4. The average molecular weight is 448 g/mol. The van der Waals surface area contributed by atoms with Crippen LogP contribution in [0, 0.1) is 0 Å². The fourth-order valence-electron chi connectivity index (χ4n) is 1.86. The molecular formula is C13H8Br2N2O4S. The number of fused-ring (bicyclic) bond motifs is 1. The summed E-state index contributed by atoms with van der Waals surface area (Å²) in [4.78, 5) is 33.3. The average Bonchev–Trinajstić information content (AvgIpc) is 3.00. The Balaban J connectivity index is 1.97. The van der Waals surface area contributed by atoms with Crippen molar-refractivity contribution in [3.63, 3.8) is 0 Å². The van der Waals surface area contributed by atoms with E-state index in [1.54, 1.807) is 11.3 Å². The molecule has 2 aromatic rings. The van der Waals surface area contributed by atoms with Crippen LogP contribution >= 0.6 is 43.2 Å². The Labute approximate surface area is 146 Å². The van der Waals surface area contributed by atoms with Crippen LogP contribution in [0.4, 0.5) is 0 Å². The third-order valence-electron chi connectivity index (χ3n) is 2.95. The van der Waals surface area contributed by atoms with Gasteiger partial charge < -0.3 is 9.57 Å². The molecule has 3 rings (SSSR count). The molecule has 0 N–H and O–H groups in total. The van der Waals surface area contributed by atoms with Crippen LogP contribution in [0.3, 0.4) is 0 Å². The van der Waals surface area contributed by atoms with Crippen molar-refractivity contribution in [1.82, 2.24) is 9.71 Å². The molecule has 1 aliphatic heterocycles. The number of hydrogen-bond acceptors (Lipinski definition) is 6. The van der Waals surface area contributed by atoms with Crippen LogP contribution in [0.2, 0.25) is 0 Å². The van der Waals surface area contributed by atoms with Gasteiger partial charge in [-0.15, -0.1) is 16.1 Å². The normalized spacial score (nSPS) is 17.0. The van der Waals surface area contributed by atoms with Gasteiger partial charge >= 0.3 is 17.9 Å². The number of rotatable bonds is 2. The van der Waals surface area contributed by atoms with Crippen molar-refractivity contribution in [2.75, 3.05) is 0 Å². The Kier molecular flexibility index (Phi) is 4.20. The molecule has 3 heterocycles. The van der Waals surface area contributed by atoms with Crippen molar-refractivity contribution in [2.24, 2.45) is 0 Å². The van der Waals surface area contributed by atoms with Crippen molar-refractivity contribution in [2.45, 2.75) is 12.8 Å². The Morgan fingerprint density at radius 3 is 2.68 bits per heavy atom. The molecule has 0 radical (unpaired) electrons. The van der Waals surface area contributed by atoms with Gasteiger partial charge in [0.05, 0.1) is 11.9 Å². The number of carbonyl (C=O) groups excluding carboxylic acids is 2. The lowest BCUT2D eigenvalue weighted by molar-refractivity contribution is -0.142. The lowest BCUT2D eigenvalue weighted by Gasteiger charge is -2.06. The second kappa shape index (κ2) is 5.98. The monoisotopic (exact) mass is 446 g/mol. The highest BCUT2D eigenvalue weighted by Gasteiger charge is 2.23. The van der Waals surface area contributed by atoms with Crippen molar-refractivity contribution in [3.8, 4) is 6.01 Å². The number of aromatic nitrogens is 2. The van der Waals surface area contributed by atoms with E-state index in [2.05, 4.69) is 36.8 Å². The van der Waals surface area contributed by atoms with E-state index >= 15 is 0 Å². The summed E-state index contributed by atoms with van der Waals surface area (Å²) in [7, 11) is 0.